The number of aromatic nitrogens is 6. The van der Waals surface area contributed by atoms with Crippen molar-refractivity contribution >= 4 is 5.65 Å². The number of nitrogens with one attached hydrogen (secondary N) is 1. The number of aromatic amines is 1. The summed E-state index contributed by atoms with van der Waals surface area (Å²) in [6.07, 6.45) is 10.1. The van der Waals surface area contributed by atoms with Crippen LogP contribution in [0.2, 0.25) is 0 Å². The largest absolute Gasteiger partial charge is 0.341 e. The van der Waals surface area contributed by atoms with Crippen LogP contribution in [0.4, 0.5) is 0 Å². The third-order valence-corrected chi connectivity index (χ3v) is 7.20. The number of hydrogen-bond acceptors (Lipinski definition) is 5. The molecule has 0 aliphatic heterocycles. The van der Waals surface area contributed by atoms with Crippen LogP contribution in [0.3, 0.4) is 0 Å². The maximum atomic E-state index is 6.55. The fourth-order valence-corrected chi connectivity index (χ4v) is 5.23. The van der Waals surface area contributed by atoms with Gasteiger partial charge in [-0.1, -0.05) is 6.07 Å². The number of rotatable bonds is 3. The zero-order valence-electron chi connectivity index (χ0n) is 17.1. The summed E-state index contributed by atoms with van der Waals surface area (Å²) in [6, 6.07) is 10.1. The van der Waals surface area contributed by atoms with Crippen LogP contribution < -0.4 is 5.73 Å². The van der Waals surface area contributed by atoms with Gasteiger partial charge >= 0.3 is 0 Å². The minimum Gasteiger partial charge on any atom is -0.341 e. The van der Waals surface area contributed by atoms with E-state index in [9.17, 15) is 0 Å². The molecule has 3 aliphatic rings. The van der Waals surface area contributed by atoms with Gasteiger partial charge in [0.2, 0.25) is 0 Å². The Balaban J connectivity index is 1.52. The Labute approximate surface area is 174 Å². The lowest BCUT2D eigenvalue weighted by molar-refractivity contribution is 0.101. The van der Waals surface area contributed by atoms with Gasteiger partial charge in [-0.05, 0) is 69.7 Å². The zero-order valence-corrected chi connectivity index (χ0v) is 17.1. The molecule has 3 aliphatic carbocycles. The van der Waals surface area contributed by atoms with Crippen LogP contribution in [0.1, 0.15) is 50.0 Å². The van der Waals surface area contributed by atoms with Crippen molar-refractivity contribution in [3.8, 4) is 22.6 Å². The SMILES string of the molecule is Cc1cccc(-c2nc(C34CCC(N)(CC3)CC4)[nH]c2-c2ccc3ncnn3c2)n1. The summed E-state index contributed by atoms with van der Waals surface area (Å²) >= 11 is 0. The normalized spacial score (nSPS) is 25.8. The van der Waals surface area contributed by atoms with Gasteiger partial charge in [0.15, 0.2) is 5.65 Å². The first-order valence-electron chi connectivity index (χ1n) is 10.7. The highest BCUT2D eigenvalue weighted by molar-refractivity contribution is 5.77. The quantitative estimate of drug-likeness (QED) is 0.546. The summed E-state index contributed by atoms with van der Waals surface area (Å²) < 4.78 is 1.80. The van der Waals surface area contributed by atoms with Crippen LogP contribution >= 0.6 is 0 Å². The Morgan fingerprint density at radius 2 is 1.80 bits per heavy atom. The van der Waals surface area contributed by atoms with E-state index in [4.69, 9.17) is 15.7 Å². The molecule has 7 heteroatoms. The Kier molecular flexibility index (Phi) is 3.68. The van der Waals surface area contributed by atoms with E-state index in [1.165, 1.54) is 0 Å². The van der Waals surface area contributed by atoms with E-state index in [0.29, 0.717) is 0 Å². The van der Waals surface area contributed by atoms with Gasteiger partial charge in [-0.3, -0.25) is 4.98 Å². The summed E-state index contributed by atoms with van der Waals surface area (Å²) in [5, 5.41) is 4.30. The number of pyridine rings is 2. The molecular weight excluding hydrogens is 374 g/mol. The van der Waals surface area contributed by atoms with E-state index >= 15 is 0 Å². The number of H-pyrrole nitrogens is 1. The van der Waals surface area contributed by atoms with Crippen LogP contribution in [0.25, 0.3) is 28.3 Å². The first-order chi connectivity index (χ1) is 14.5. The van der Waals surface area contributed by atoms with Crippen molar-refractivity contribution in [2.24, 2.45) is 5.73 Å². The van der Waals surface area contributed by atoms with E-state index in [0.717, 1.165) is 78.3 Å². The second-order valence-electron chi connectivity index (χ2n) is 9.10. The predicted molar refractivity (Wildman–Crippen MR) is 115 cm³/mol. The van der Waals surface area contributed by atoms with Gasteiger partial charge in [0.25, 0.3) is 0 Å². The van der Waals surface area contributed by atoms with E-state index in [2.05, 4.69) is 21.1 Å². The number of imidazole rings is 1. The average Bonchev–Trinajstić information content (AvgIpc) is 3.42. The fourth-order valence-electron chi connectivity index (χ4n) is 5.23. The number of aryl methyl sites for hydroxylation is 1. The number of nitrogens with two attached hydrogens (primary N) is 1. The molecule has 0 aromatic carbocycles. The van der Waals surface area contributed by atoms with Gasteiger partial charge in [0.05, 0.1) is 11.4 Å². The van der Waals surface area contributed by atoms with E-state index in [1.807, 2.05) is 37.4 Å². The van der Waals surface area contributed by atoms with Gasteiger partial charge in [0, 0.05) is 28.4 Å². The first kappa shape index (κ1) is 17.8. The number of fused-ring (bicyclic) bond motifs is 4. The van der Waals surface area contributed by atoms with Crippen LogP contribution in [-0.2, 0) is 5.41 Å². The summed E-state index contributed by atoms with van der Waals surface area (Å²) in [5.41, 5.74) is 12.3. The highest BCUT2D eigenvalue weighted by Crippen LogP contribution is 2.52. The maximum absolute atomic E-state index is 6.55. The third-order valence-electron chi connectivity index (χ3n) is 7.20. The van der Waals surface area contributed by atoms with Crippen molar-refractivity contribution in [3.63, 3.8) is 0 Å². The molecule has 0 amide bonds. The molecule has 152 valence electrons. The van der Waals surface area contributed by atoms with E-state index in [-0.39, 0.29) is 11.0 Å². The van der Waals surface area contributed by atoms with Gasteiger partial charge in [-0.15, -0.1) is 0 Å². The molecule has 3 saturated carbocycles. The summed E-state index contributed by atoms with van der Waals surface area (Å²) in [7, 11) is 0. The van der Waals surface area contributed by atoms with Crippen LogP contribution in [0.5, 0.6) is 0 Å². The Morgan fingerprint density at radius 1 is 1.00 bits per heavy atom. The molecule has 3 N–H and O–H groups in total. The van der Waals surface area contributed by atoms with Crippen LogP contribution in [-0.4, -0.2) is 35.1 Å². The number of nitrogens with zero attached hydrogens (tertiary/aromatic N) is 5. The molecule has 3 fully saturated rings. The molecule has 7 rings (SSSR count). The van der Waals surface area contributed by atoms with Crippen molar-refractivity contribution in [1.82, 2.24) is 29.5 Å². The first-order valence-corrected chi connectivity index (χ1v) is 10.7. The summed E-state index contributed by atoms with van der Waals surface area (Å²) in [6.45, 7) is 2.01. The smallest absolute Gasteiger partial charge is 0.155 e. The molecule has 0 spiro atoms. The lowest BCUT2D eigenvalue weighted by Crippen LogP contribution is -2.53. The standard InChI is InChI=1S/C23H25N7/c1-15-3-2-4-17(27-15)20-19(16-5-6-18-25-14-26-30(18)13-16)28-21(29-20)22-7-10-23(24,11-8-22)12-9-22/h2-6,13-14H,7-12,24H2,1H3,(H,28,29). The van der Waals surface area contributed by atoms with Crippen molar-refractivity contribution in [3.05, 3.63) is 54.4 Å². The van der Waals surface area contributed by atoms with Crippen LogP contribution in [0.15, 0.2) is 42.9 Å². The minimum absolute atomic E-state index is 0.0379. The Hall–Kier alpha value is -3.06. The van der Waals surface area contributed by atoms with Gasteiger partial charge in [-0.25, -0.2) is 14.5 Å². The Bertz CT molecular complexity index is 1230. The molecular formula is C23H25N7. The van der Waals surface area contributed by atoms with E-state index in [1.54, 1.807) is 10.8 Å². The second-order valence-corrected chi connectivity index (χ2v) is 9.10. The summed E-state index contributed by atoms with van der Waals surface area (Å²) in [4.78, 5) is 17.9. The van der Waals surface area contributed by atoms with Crippen molar-refractivity contribution in [1.29, 1.82) is 0 Å². The third kappa shape index (κ3) is 2.69. The minimum atomic E-state index is 0.0379. The highest BCUT2D eigenvalue weighted by Gasteiger charge is 2.49. The molecule has 30 heavy (non-hydrogen) atoms. The molecule has 4 aromatic rings. The van der Waals surface area contributed by atoms with Crippen molar-refractivity contribution in [2.45, 2.75) is 56.4 Å². The molecule has 0 atom stereocenters. The highest BCUT2D eigenvalue weighted by atomic mass is 15.3. The van der Waals surface area contributed by atoms with Gasteiger partial charge in [-0.2, -0.15) is 5.10 Å². The molecule has 0 radical (unpaired) electrons. The number of hydrogen-bond donors (Lipinski definition) is 2. The van der Waals surface area contributed by atoms with Gasteiger partial charge in [0.1, 0.15) is 17.8 Å². The predicted octanol–water partition coefficient (Wildman–Crippen LogP) is 3.79. The fraction of sp³-hybridized carbons (Fsp3) is 0.391. The van der Waals surface area contributed by atoms with Crippen molar-refractivity contribution in [2.75, 3.05) is 0 Å². The van der Waals surface area contributed by atoms with E-state index < -0.39 is 0 Å². The molecule has 0 unspecified atom stereocenters. The average molecular weight is 400 g/mol. The lowest BCUT2D eigenvalue weighted by Gasteiger charge is -2.50. The van der Waals surface area contributed by atoms with Gasteiger partial charge < -0.3 is 10.7 Å². The van der Waals surface area contributed by atoms with Crippen molar-refractivity contribution < 1.29 is 0 Å². The molecule has 2 bridgehead atoms. The molecule has 7 nitrogen and oxygen atoms in total. The monoisotopic (exact) mass is 399 g/mol. The Morgan fingerprint density at radius 3 is 2.57 bits per heavy atom. The lowest BCUT2D eigenvalue weighted by atomic mass is 9.57. The zero-order chi connectivity index (χ0) is 20.3. The second kappa shape index (κ2) is 6.22. The molecule has 4 aromatic heterocycles. The van der Waals surface area contributed by atoms with Crippen LogP contribution in [0, 0.1) is 6.92 Å². The topological polar surface area (TPSA) is 97.8 Å². The molecule has 0 saturated heterocycles. The summed E-state index contributed by atoms with van der Waals surface area (Å²) in [5.74, 6) is 1.08. The molecule has 4 heterocycles. The maximum Gasteiger partial charge on any atom is 0.155 e.